The maximum absolute atomic E-state index is 9.07. The highest BCUT2D eigenvalue weighted by molar-refractivity contribution is 5.49. The molecule has 2 aromatic rings. The van der Waals surface area contributed by atoms with Gasteiger partial charge in [-0.05, 0) is 37.6 Å². The molecule has 0 saturated carbocycles. The molecule has 0 spiro atoms. The number of pyridine rings is 1. The first kappa shape index (κ1) is 14.9. The number of aromatic nitrogens is 1. The van der Waals surface area contributed by atoms with Gasteiger partial charge >= 0.3 is 0 Å². The average molecular weight is 280 g/mol. The summed E-state index contributed by atoms with van der Waals surface area (Å²) in [6, 6.07) is 13.9. The van der Waals surface area contributed by atoms with Gasteiger partial charge in [0.05, 0.1) is 23.5 Å². The third kappa shape index (κ3) is 3.73. The van der Waals surface area contributed by atoms with Crippen LogP contribution in [0.15, 0.2) is 42.6 Å². The van der Waals surface area contributed by atoms with Crippen LogP contribution in [0.2, 0.25) is 0 Å². The van der Waals surface area contributed by atoms with E-state index in [9.17, 15) is 0 Å². The third-order valence-electron chi connectivity index (χ3n) is 3.46. The molecule has 2 rings (SSSR count). The normalized spacial score (nSPS) is 9.95. The molecule has 0 aliphatic heterocycles. The van der Waals surface area contributed by atoms with Crippen molar-refractivity contribution in [2.45, 2.75) is 20.4 Å². The van der Waals surface area contributed by atoms with Gasteiger partial charge < -0.3 is 10.2 Å². The number of hydrogen-bond donors (Lipinski definition) is 1. The van der Waals surface area contributed by atoms with Crippen molar-refractivity contribution in [3.63, 3.8) is 0 Å². The minimum atomic E-state index is 0.621. The first-order valence-electron chi connectivity index (χ1n) is 7.21. The molecule has 0 saturated heterocycles. The monoisotopic (exact) mass is 280 g/mol. The third-order valence-corrected chi connectivity index (χ3v) is 3.46. The van der Waals surface area contributed by atoms with E-state index < -0.39 is 0 Å². The Morgan fingerprint density at radius 2 is 1.90 bits per heavy atom. The standard InChI is InChI=1S/C17H20N4/c1-3-21(4-2)17-10-9-16(13-20-17)19-12-15-8-6-5-7-14(15)11-18/h5-10,13,19H,3-4,12H2,1-2H3. The highest BCUT2D eigenvalue weighted by Crippen LogP contribution is 2.15. The molecule has 0 bridgehead atoms. The number of nitrogens with zero attached hydrogens (tertiary/aromatic N) is 3. The topological polar surface area (TPSA) is 52.0 Å². The summed E-state index contributed by atoms with van der Waals surface area (Å²) in [5, 5.41) is 12.4. The fraction of sp³-hybridized carbons (Fsp3) is 0.294. The molecule has 1 N–H and O–H groups in total. The molecular formula is C17H20N4. The first-order chi connectivity index (χ1) is 10.3. The van der Waals surface area contributed by atoms with Crippen molar-refractivity contribution in [1.29, 1.82) is 5.26 Å². The quantitative estimate of drug-likeness (QED) is 0.881. The van der Waals surface area contributed by atoms with Crippen LogP contribution >= 0.6 is 0 Å². The zero-order valence-corrected chi connectivity index (χ0v) is 12.5. The van der Waals surface area contributed by atoms with Crippen molar-refractivity contribution in [3.8, 4) is 6.07 Å². The van der Waals surface area contributed by atoms with E-state index in [-0.39, 0.29) is 0 Å². The van der Waals surface area contributed by atoms with E-state index in [4.69, 9.17) is 5.26 Å². The van der Waals surface area contributed by atoms with Gasteiger partial charge in [-0.3, -0.25) is 0 Å². The number of nitriles is 1. The van der Waals surface area contributed by atoms with Crippen LogP contribution in [0.1, 0.15) is 25.0 Å². The van der Waals surface area contributed by atoms with Crippen LogP contribution in [-0.2, 0) is 6.54 Å². The number of hydrogen-bond acceptors (Lipinski definition) is 4. The van der Waals surface area contributed by atoms with Gasteiger partial charge in [0, 0.05) is 19.6 Å². The molecular weight excluding hydrogens is 260 g/mol. The minimum Gasteiger partial charge on any atom is -0.380 e. The summed E-state index contributed by atoms with van der Waals surface area (Å²) < 4.78 is 0. The summed E-state index contributed by atoms with van der Waals surface area (Å²) in [6.07, 6.45) is 1.84. The van der Waals surface area contributed by atoms with Gasteiger partial charge in [0.15, 0.2) is 0 Å². The minimum absolute atomic E-state index is 0.621. The second-order valence-corrected chi connectivity index (χ2v) is 4.70. The van der Waals surface area contributed by atoms with Gasteiger partial charge in [-0.2, -0.15) is 5.26 Å². The molecule has 0 aliphatic carbocycles. The molecule has 4 heteroatoms. The largest absolute Gasteiger partial charge is 0.380 e. The Hall–Kier alpha value is -2.54. The Morgan fingerprint density at radius 3 is 2.52 bits per heavy atom. The molecule has 0 amide bonds. The van der Waals surface area contributed by atoms with Crippen LogP contribution in [0.4, 0.5) is 11.5 Å². The Kier molecular flexibility index (Phi) is 5.16. The van der Waals surface area contributed by atoms with E-state index in [2.05, 4.69) is 35.1 Å². The highest BCUT2D eigenvalue weighted by atomic mass is 15.2. The molecule has 1 heterocycles. The van der Waals surface area contributed by atoms with Gasteiger partial charge in [0.1, 0.15) is 5.82 Å². The number of benzene rings is 1. The molecule has 0 aliphatic rings. The molecule has 1 aromatic carbocycles. The maximum atomic E-state index is 9.07. The second kappa shape index (κ2) is 7.30. The zero-order valence-electron chi connectivity index (χ0n) is 12.5. The van der Waals surface area contributed by atoms with E-state index in [1.807, 2.05) is 42.6 Å². The lowest BCUT2D eigenvalue weighted by Crippen LogP contribution is -2.22. The van der Waals surface area contributed by atoms with E-state index >= 15 is 0 Å². The van der Waals surface area contributed by atoms with Crippen molar-refractivity contribution in [2.24, 2.45) is 0 Å². The second-order valence-electron chi connectivity index (χ2n) is 4.70. The average Bonchev–Trinajstić information content (AvgIpc) is 2.55. The van der Waals surface area contributed by atoms with E-state index in [0.29, 0.717) is 12.1 Å². The van der Waals surface area contributed by atoms with Crippen molar-refractivity contribution in [3.05, 3.63) is 53.7 Å². The molecule has 108 valence electrons. The predicted molar refractivity (Wildman–Crippen MR) is 86.3 cm³/mol. The van der Waals surface area contributed by atoms with E-state index in [1.54, 1.807) is 0 Å². The van der Waals surface area contributed by atoms with E-state index in [1.165, 1.54) is 0 Å². The molecule has 21 heavy (non-hydrogen) atoms. The Balaban J connectivity index is 2.03. The molecule has 0 unspecified atom stereocenters. The predicted octanol–water partition coefficient (Wildman–Crippen LogP) is 3.41. The molecule has 0 radical (unpaired) electrons. The van der Waals surface area contributed by atoms with Crippen molar-refractivity contribution in [2.75, 3.05) is 23.3 Å². The lowest BCUT2D eigenvalue weighted by atomic mass is 10.1. The lowest BCUT2D eigenvalue weighted by molar-refractivity contribution is 0.846. The van der Waals surface area contributed by atoms with Gasteiger partial charge in [0.2, 0.25) is 0 Å². The summed E-state index contributed by atoms with van der Waals surface area (Å²) in [4.78, 5) is 6.68. The van der Waals surface area contributed by atoms with Gasteiger partial charge in [-0.25, -0.2) is 4.98 Å². The molecule has 0 atom stereocenters. The lowest BCUT2D eigenvalue weighted by Gasteiger charge is -2.19. The zero-order chi connectivity index (χ0) is 15.1. The van der Waals surface area contributed by atoms with Gasteiger partial charge in [-0.1, -0.05) is 18.2 Å². The van der Waals surface area contributed by atoms with E-state index in [0.717, 1.165) is 30.2 Å². The SMILES string of the molecule is CCN(CC)c1ccc(NCc2ccccc2C#N)cn1. The Bertz CT molecular complexity index is 609. The van der Waals surface area contributed by atoms with Crippen molar-refractivity contribution >= 4 is 11.5 Å². The maximum Gasteiger partial charge on any atom is 0.128 e. The van der Waals surface area contributed by atoms with Crippen LogP contribution in [0.25, 0.3) is 0 Å². The fourth-order valence-electron chi connectivity index (χ4n) is 2.21. The number of anilines is 2. The molecule has 0 fully saturated rings. The summed E-state index contributed by atoms with van der Waals surface area (Å²) in [5.74, 6) is 0.989. The molecule has 1 aromatic heterocycles. The first-order valence-corrected chi connectivity index (χ1v) is 7.21. The van der Waals surface area contributed by atoms with Crippen LogP contribution in [-0.4, -0.2) is 18.1 Å². The van der Waals surface area contributed by atoms with Crippen LogP contribution in [0.5, 0.6) is 0 Å². The summed E-state index contributed by atoms with van der Waals surface area (Å²) in [7, 11) is 0. The fourth-order valence-corrected chi connectivity index (χ4v) is 2.21. The highest BCUT2D eigenvalue weighted by Gasteiger charge is 2.04. The summed E-state index contributed by atoms with van der Waals surface area (Å²) in [6.45, 7) is 6.76. The number of rotatable bonds is 6. The van der Waals surface area contributed by atoms with Gasteiger partial charge in [-0.15, -0.1) is 0 Å². The van der Waals surface area contributed by atoms with Crippen molar-refractivity contribution in [1.82, 2.24) is 4.98 Å². The molecule has 4 nitrogen and oxygen atoms in total. The summed E-state index contributed by atoms with van der Waals surface area (Å²) in [5.41, 5.74) is 2.66. The van der Waals surface area contributed by atoms with Crippen LogP contribution < -0.4 is 10.2 Å². The van der Waals surface area contributed by atoms with Crippen LogP contribution in [0.3, 0.4) is 0 Å². The number of nitrogens with one attached hydrogen (secondary N) is 1. The smallest absolute Gasteiger partial charge is 0.128 e. The van der Waals surface area contributed by atoms with Crippen LogP contribution in [0, 0.1) is 11.3 Å². The Labute approximate surface area is 126 Å². The Morgan fingerprint density at radius 1 is 1.14 bits per heavy atom. The van der Waals surface area contributed by atoms with Gasteiger partial charge in [0.25, 0.3) is 0 Å². The summed E-state index contributed by atoms with van der Waals surface area (Å²) >= 11 is 0. The van der Waals surface area contributed by atoms with Crippen molar-refractivity contribution < 1.29 is 0 Å².